The number of carboxylic acids is 1. The second kappa shape index (κ2) is 3.31. The van der Waals surface area contributed by atoms with Crippen LogP contribution < -0.4 is 0 Å². The van der Waals surface area contributed by atoms with Crippen molar-refractivity contribution in [2.45, 2.75) is 19.6 Å². The molecule has 1 aromatic rings. The molecule has 0 bridgehead atoms. The number of rotatable bonds is 3. The zero-order valence-electron chi connectivity index (χ0n) is 6.51. The predicted molar refractivity (Wildman–Crippen MR) is 38.3 cm³/mol. The van der Waals surface area contributed by atoms with Crippen molar-refractivity contribution in [1.82, 2.24) is 15.0 Å². The number of aliphatic carboxylic acids is 1. The zero-order chi connectivity index (χ0) is 9.14. The average molecular weight is 171 g/mol. The fourth-order valence-electron chi connectivity index (χ4n) is 0.688. The lowest BCUT2D eigenvalue weighted by molar-refractivity contribution is -0.140. The summed E-state index contributed by atoms with van der Waals surface area (Å²) in [6.07, 6.45) is 1.40. The Morgan fingerprint density at radius 2 is 2.50 bits per heavy atom. The normalized spacial score (nSPS) is 12.8. The molecule has 0 fully saturated rings. The molecule has 0 saturated carbocycles. The van der Waals surface area contributed by atoms with E-state index in [9.17, 15) is 4.79 Å². The minimum absolute atomic E-state index is 0.230. The Morgan fingerprint density at radius 3 is 2.92 bits per heavy atom. The van der Waals surface area contributed by atoms with E-state index in [2.05, 4.69) is 10.3 Å². The number of aliphatic hydroxyl groups excluding tert-OH is 1. The summed E-state index contributed by atoms with van der Waals surface area (Å²) in [4.78, 5) is 10.4. The van der Waals surface area contributed by atoms with E-state index in [1.165, 1.54) is 17.8 Å². The van der Waals surface area contributed by atoms with Crippen LogP contribution in [0, 0.1) is 0 Å². The molecule has 66 valence electrons. The second-order valence-corrected chi connectivity index (χ2v) is 2.36. The van der Waals surface area contributed by atoms with E-state index in [1.54, 1.807) is 0 Å². The standard InChI is InChI=1S/C6H9N3O3/c1-4(6(11)12)9-2-5(3-10)7-8-9/h2,4,10H,3H2,1H3,(H,11,12). The van der Waals surface area contributed by atoms with Crippen LogP contribution in [0.1, 0.15) is 18.7 Å². The first-order valence-electron chi connectivity index (χ1n) is 3.39. The molecule has 6 heteroatoms. The molecule has 6 nitrogen and oxygen atoms in total. The molecule has 0 aromatic carbocycles. The first-order valence-corrected chi connectivity index (χ1v) is 3.39. The molecule has 1 heterocycles. The van der Waals surface area contributed by atoms with Gasteiger partial charge < -0.3 is 10.2 Å². The van der Waals surface area contributed by atoms with Gasteiger partial charge in [-0.2, -0.15) is 0 Å². The monoisotopic (exact) mass is 171 g/mol. The number of hydrogen-bond donors (Lipinski definition) is 2. The fraction of sp³-hybridized carbons (Fsp3) is 0.500. The fourth-order valence-corrected chi connectivity index (χ4v) is 0.688. The maximum absolute atomic E-state index is 10.4. The number of aromatic nitrogens is 3. The van der Waals surface area contributed by atoms with Gasteiger partial charge in [0.15, 0.2) is 0 Å². The van der Waals surface area contributed by atoms with Crippen LogP contribution in [0.25, 0.3) is 0 Å². The van der Waals surface area contributed by atoms with Gasteiger partial charge in [0.05, 0.1) is 12.8 Å². The highest BCUT2D eigenvalue weighted by atomic mass is 16.4. The number of nitrogens with zero attached hydrogens (tertiary/aromatic N) is 3. The molecular formula is C6H9N3O3. The molecule has 0 amide bonds. The topological polar surface area (TPSA) is 88.2 Å². The van der Waals surface area contributed by atoms with Crippen molar-refractivity contribution < 1.29 is 15.0 Å². The van der Waals surface area contributed by atoms with Gasteiger partial charge in [0, 0.05) is 0 Å². The van der Waals surface area contributed by atoms with Gasteiger partial charge in [-0.3, -0.25) is 0 Å². The summed E-state index contributed by atoms with van der Waals surface area (Å²) >= 11 is 0. The maximum atomic E-state index is 10.4. The van der Waals surface area contributed by atoms with Crippen molar-refractivity contribution in [3.05, 3.63) is 11.9 Å². The van der Waals surface area contributed by atoms with Crippen molar-refractivity contribution in [3.8, 4) is 0 Å². The van der Waals surface area contributed by atoms with Crippen molar-refractivity contribution in [2.24, 2.45) is 0 Å². The Hall–Kier alpha value is -1.43. The summed E-state index contributed by atoms with van der Waals surface area (Å²) in [6.45, 7) is 1.25. The van der Waals surface area contributed by atoms with Crippen LogP contribution in [-0.4, -0.2) is 31.2 Å². The molecule has 1 unspecified atom stereocenters. The Morgan fingerprint density at radius 1 is 1.83 bits per heavy atom. The highest BCUT2D eigenvalue weighted by Crippen LogP contribution is 2.03. The summed E-state index contributed by atoms with van der Waals surface area (Å²) in [5, 5.41) is 24.2. The third kappa shape index (κ3) is 1.59. The van der Waals surface area contributed by atoms with E-state index in [0.29, 0.717) is 5.69 Å². The number of hydrogen-bond acceptors (Lipinski definition) is 4. The van der Waals surface area contributed by atoms with E-state index < -0.39 is 12.0 Å². The first kappa shape index (κ1) is 8.66. The van der Waals surface area contributed by atoms with E-state index in [-0.39, 0.29) is 6.61 Å². The van der Waals surface area contributed by atoms with Crippen molar-refractivity contribution in [2.75, 3.05) is 0 Å². The molecule has 1 rings (SSSR count). The number of carbonyl (C=O) groups is 1. The van der Waals surface area contributed by atoms with Gasteiger partial charge in [0.2, 0.25) is 0 Å². The third-order valence-corrected chi connectivity index (χ3v) is 1.47. The van der Waals surface area contributed by atoms with Gasteiger partial charge in [-0.05, 0) is 6.92 Å². The summed E-state index contributed by atoms with van der Waals surface area (Å²) in [5.41, 5.74) is 0.364. The second-order valence-electron chi connectivity index (χ2n) is 2.36. The largest absolute Gasteiger partial charge is 0.480 e. The van der Waals surface area contributed by atoms with Crippen LogP contribution >= 0.6 is 0 Å². The molecule has 0 saturated heterocycles. The third-order valence-electron chi connectivity index (χ3n) is 1.47. The minimum Gasteiger partial charge on any atom is -0.480 e. The van der Waals surface area contributed by atoms with Crippen LogP contribution in [-0.2, 0) is 11.4 Å². The van der Waals surface area contributed by atoms with Crippen LogP contribution in [0.3, 0.4) is 0 Å². The molecule has 0 aliphatic heterocycles. The smallest absolute Gasteiger partial charge is 0.328 e. The van der Waals surface area contributed by atoms with Gasteiger partial charge in [-0.25, -0.2) is 9.48 Å². The van der Waals surface area contributed by atoms with E-state index in [4.69, 9.17) is 10.2 Å². The molecule has 1 aromatic heterocycles. The maximum Gasteiger partial charge on any atom is 0.328 e. The summed E-state index contributed by atoms with van der Waals surface area (Å²) in [7, 11) is 0. The van der Waals surface area contributed by atoms with E-state index >= 15 is 0 Å². The lowest BCUT2D eigenvalue weighted by atomic mass is 10.3. The van der Waals surface area contributed by atoms with Gasteiger partial charge in [0.25, 0.3) is 0 Å². The number of aliphatic hydroxyl groups is 1. The minimum atomic E-state index is -0.982. The molecule has 0 aliphatic rings. The Labute approximate surface area is 68.4 Å². The molecule has 2 N–H and O–H groups in total. The van der Waals surface area contributed by atoms with Crippen LogP contribution in [0.15, 0.2) is 6.20 Å². The Kier molecular flexibility index (Phi) is 2.39. The highest BCUT2D eigenvalue weighted by molar-refractivity contribution is 5.71. The molecule has 0 radical (unpaired) electrons. The SMILES string of the molecule is CC(C(=O)O)n1cc(CO)nn1. The van der Waals surface area contributed by atoms with Crippen molar-refractivity contribution in [3.63, 3.8) is 0 Å². The Bertz CT molecular complexity index is 283. The van der Waals surface area contributed by atoms with Gasteiger partial charge in [-0.15, -0.1) is 5.10 Å². The molecule has 12 heavy (non-hydrogen) atoms. The van der Waals surface area contributed by atoms with Crippen LogP contribution in [0.5, 0.6) is 0 Å². The summed E-state index contributed by atoms with van der Waals surface area (Å²) in [6, 6.07) is -0.752. The van der Waals surface area contributed by atoms with Gasteiger partial charge >= 0.3 is 5.97 Å². The highest BCUT2D eigenvalue weighted by Gasteiger charge is 2.14. The summed E-state index contributed by atoms with van der Waals surface area (Å²) in [5.74, 6) is -0.982. The van der Waals surface area contributed by atoms with Crippen molar-refractivity contribution in [1.29, 1.82) is 0 Å². The van der Waals surface area contributed by atoms with Gasteiger partial charge in [0.1, 0.15) is 11.7 Å². The number of carboxylic acid groups (broad SMARTS) is 1. The predicted octanol–water partition coefficient (Wildman–Crippen LogP) is -0.584. The Balaban J connectivity index is 2.81. The quantitative estimate of drug-likeness (QED) is 0.635. The molecule has 0 aliphatic carbocycles. The molecule has 0 spiro atoms. The van der Waals surface area contributed by atoms with Crippen molar-refractivity contribution >= 4 is 5.97 Å². The van der Waals surface area contributed by atoms with E-state index in [1.807, 2.05) is 0 Å². The summed E-state index contributed by atoms with van der Waals surface area (Å²) < 4.78 is 1.19. The lowest BCUT2D eigenvalue weighted by Crippen LogP contribution is -2.15. The van der Waals surface area contributed by atoms with Crippen LogP contribution in [0.2, 0.25) is 0 Å². The van der Waals surface area contributed by atoms with E-state index in [0.717, 1.165) is 0 Å². The van der Waals surface area contributed by atoms with Gasteiger partial charge in [-0.1, -0.05) is 5.21 Å². The molecule has 1 atom stereocenters. The molecular weight excluding hydrogens is 162 g/mol. The zero-order valence-corrected chi connectivity index (χ0v) is 6.51. The lowest BCUT2D eigenvalue weighted by Gasteiger charge is -2.03. The average Bonchev–Trinajstić information content (AvgIpc) is 2.50. The first-order chi connectivity index (χ1) is 5.65. The van der Waals surface area contributed by atoms with Crippen LogP contribution in [0.4, 0.5) is 0 Å².